The minimum Gasteiger partial charge on any atom is -0.546 e. The molecule has 4 aromatic carbocycles. The second-order valence-corrected chi connectivity index (χ2v) is 10.9. The summed E-state index contributed by atoms with van der Waals surface area (Å²) in [5.74, 6) is -6.14. The second kappa shape index (κ2) is 12.5. The van der Waals surface area contributed by atoms with Crippen molar-refractivity contribution in [2.24, 2.45) is 0 Å². The van der Waals surface area contributed by atoms with Crippen LogP contribution in [0.25, 0.3) is 0 Å². The molecule has 0 fully saturated rings. The monoisotopic (exact) mass is 650 g/mol. The van der Waals surface area contributed by atoms with E-state index in [2.05, 4.69) is 5.32 Å². The summed E-state index contributed by atoms with van der Waals surface area (Å²) >= 11 is 0. The lowest BCUT2D eigenvalue weighted by molar-refractivity contribution is -0.320. The van der Waals surface area contributed by atoms with Crippen LogP contribution in [-0.2, 0) is 29.1 Å². The van der Waals surface area contributed by atoms with Gasteiger partial charge in [-0.05, 0) is 79.1 Å². The molecule has 0 aliphatic rings. The van der Waals surface area contributed by atoms with Gasteiger partial charge in [-0.3, -0.25) is 4.79 Å². The van der Waals surface area contributed by atoms with Crippen molar-refractivity contribution in [3.63, 3.8) is 0 Å². The van der Waals surface area contributed by atoms with E-state index in [9.17, 15) is 45.4 Å². The van der Waals surface area contributed by atoms with Crippen molar-refractivity contribution in [1.82, 2.24) is 5.32 Å². The van der Waals surface area contributed by atoms with Gasteiger partial charge in [-0.2, -0.15) is 26.3 Å². The summed E-state index contributed by atoms with van der Waals surface area (Å²) in [6.45, 7) is 2.09. The predicted molar refractivity (Wildman–Crippen MR) is 147 cm³/mol. The number of carbonyl (C=O) groups excluding carboxylic acids is 2. The van der Waals surface area contributed by atoms with Crippen molar-refractivity contribution in [2.75, 3.05) is 0 Å². The average molecular weight is 651 g/mol. The summed E-state index contributed by atoms with van der Waals surface area (Å²) in [7, 11) is 0. The Morgan fingerprint density at radius 1 is 0.717 bits per heavy atom. The highest BCUT2D eigenvalue weighted by Gasteiger charge is 2.41. The maximum absolute atomic E-state index is 15.0. The first-order valence-electron chi connectivity index (χ1n) is 13.4. The van der Waals surface area contributed by atoms with Crippen molar-refractivity contribution < 1.29 is 54.6 Å². The first-order valence-corrected chi connectivity index (χ1v) is 13.4. The summed E-state index contributed by atoms with van der Waals surface area (Å²) in [5, 5.41) is 14.1. The average Bonchev–Trinajstić information content (AvgIpc) is 2.97. The van der Waals surface area contributed by atoms with Crippen LogP contribution in [0.1, 0.15) is 52.0 Å². The van der Waals surface area contributed by atoms with E-state index in [1.54, 1.807) is 18.2 Å². The zero-order valence-electron chi connectivity index (χ0n) is 24.0. The number of hydrogen-bond acceptors (Lipinski definition) is 4. The van der Waals surface area contributed by atoms with Crippen LogP contribution in [0.15, 0.2) is 91.0 Å². The van der Waals surface area contributed by atoms with Gasteiger partial charge in [-0.15, -0.1) is 0 Å². The maximum atomic E-state index is 15.0. The summed E-state index contributed by atoms with van der Waals surface area (Å²) in [5.41, 5.74) is -7.94. The third kappa shape index (κ3) is 7.47. The number of halogens is 8. The van der Waals surface area contributed by atoms with E-state index in [1.807, 2.05) is 0 Å². The lowest BCUT2D eigenvalue weighted by Crippen LogP contribution is -2.49. The molecular formula is C33H24F8NO4-. The quantitative estimate of drug-likeness (QED) is 0.202. The summed E-state index contributed by atoms with van der Waals surface area (Å²) in [6, 6.07) is 15.2. The van der Waals surface area contributed by atoms with Crippen molar-refractivity contribution >= 4 is 11.9 Å². The van der Waals surface area contributed by atoms with Crippen LogP contribution in [0, 0.1) is 11.6 Å². The normalized spacial score (nSPS) is 13.5. The van der Waals surface area contributed by atoms with E-state index in [0.717, 1.165) is 44.2 Å². The van der Waals surface area contributed by atoms with Crippen molar-refractivity contribution in [2.45, 2.75) is 43.8 Å². The van der Waals surface area contributed by atoms with E-state index >= 15 is 4.39 Å². The fourth-order valence-electron chi connectivity index (χ4n) is 4.73. The molecule has 4 aromatic rings. The third-order valence-electron chi connectivity index (χ3n) is 7.09. The highest BCUT2D eigenvalue weighted by atomic mass is 19.4. The molecule has 0 saturated heterocycles. The Bertz CT molecular complexity index is 1750. The summed E-state index contributed by atoms with van der Waals surface area (Å²) in [4.78, 5) is 25.3. The number of ether oxygens (including phenoxy) is 1. The van der Waals surface area contributed by atoms with Crippen LogP contribution in [0.5, 0.6) is 5.75 Å². The van der Waals surface area contributed by atoms with Crippen LogP contribution >= 0.6 is 0 Å². The number of nitrogens with one attached hydrogen (secondary N) is 1. The molecule has 1 N–H and O–H groups in total. The number of carboxylic acids is 1. The largest absolute Gasteiger partial charge is 0.546 e. The van der Waals surface area contributed by atoms with E-state index in [-0.39, 0.29) is 11.6 Å². The minimum absolute atomic E-state index is 0.215. The summed E-state index contributed by atoms with van der Waals surface area (Å²) in [6.07, 6.45) is -10.4. The SMILES string of the molecule is CC(C)(Oc1cc(C(Cc2ccccc2)(NC(=O)c2cccc(C(F)(F)F)c2)c2cc(F)cc(C(F)(F)F)c2)ccc1F)C(=O)[O-]. The molecule has 1 amide bonds. The van der Waals surface area contributed by atoms with Gasteiger partial charge in [0.2, 0.25) is 0 Å². The van der Waals surface area contributed by atoms with Crippen molar-refractivity contribution in [3.05, 3.63) is 136 Å². The van der Waals surface area contributed by atoms with Gasteiger partial charge in [0, 0.05) is 12.0 Å². The van der Waals surface area contributed by atoms with Crippen molar-refractivity contribution in [3.8, 4) is 5.75 Å². The molecule has 0 radical (unpaired) electrons. The number of aliphatic carboxylic acids is 1. The first kappa shape index (κ1) is 33.9. The second-order valence-electron chi connectivity index (χ2n) is 10.9. The molecule has 0 heterocycles. The number of carboxylic acid groups (broad SMARTS) is 1. The molecular weight excluding hydrogens is 626 g/mol. The molecule has 5 nitrogen and oxygen atoms in total. The molecule has 13 heteroatoms. The Hall–Kier alpha value is -4.94. The molecule has 0 aliphatic heterocycles. The molecule has 1 unspecified atom stereocenters. The number of hydrogen-bond donors (Lipinski definition) is 1. The number of benzene rings is 4. The molecule has 1 atom stereocenters. The zero-order chi connectivity index (χ0) is 34.1. The Balaban J connectivity index is 2.04. The van der Waals surface area contributed by atoms with Crippen LogP contribution in [0.2, 0.25) is 0 Å². The third-order valence-corrected chi connectivity index (χ3v) is 7.09. The lowest BCUT2D eigenvalue weighted by Gasteiger charge is -2.37. The van der Waals surface area contributed by atoms with Gasteiger partial charge in [0.25, 0.3) is 5.91 Å². The molecule has 0 aliphatic carbocycles. The van der Waals surface area contributed by atoms with Gasteiger partial charge in [0.15, 0.2) is 11.6 Å². The van der Waals surface area contributed by atoms with Crippen molar-refractivity contribution in [1.29, 1.82) is 0 Å². The lowest BCUT2D eigenvalue weighted by atomic mass is 9.77. The van der Waals surface area contributed by atoms with Crippen LogP contribution in [-0.4, -0.2) is 17.5 Å². The minimum atomic E-state index is -5.07. The Morgan fingerprint density at radius 3 is 1.96 bits per heavy atom. The van der Waals surface area contributed by atoms with Crippen LogP contribution < -0.4 is 15.2 Å². The molecule has 0 aromatic heterocycles. The van der Waals surface area contributed by atoms with Gasteiger partial charge in [-0.1, -0.05) is 42.5 Å². The number of alkyl halides is 6. The zero-order valence-corrected chi connectivity index (χ0v) is 24.0. The highest BCUT2D eigenvalue weighted by Crippen LogP contribution is 2.40. The van der Waals surface area contributed by atoms with Gasteiger partial charge in [-0.25, -0.2) is 8.78 Å². The van der Waals surface area contributed by atoms with Crippen LogP contribution in [0.4, 0.5) is 35.1 Å². The van der Waals surface area contributed by atoms with Gasteiger partial charge >= 0.3 is 12.4 Å². The van der Waals surface area contributed by atoms with E-state index < -0.39 is 81.4 Å². The molecule has 4 rings (SSSR count). The maximum Gasteiger partial charge on any atom is 0.416 e. The number of rotatable bonds is 9. The molecule has 46 heavy (non-hydrogen) atoms. The highest BCUT2D eigenvalue weighted by molar-refractivity contribution is 5.95. The smallest absolute Gasteiger partial charge is 0.416 e. The number of amides is 1. The fourth-order valence-corrected chi connectivity index (χ4v) is 4.73. The van der Waals surface area contributed by atoms with E-state index in [0.29, 0.717) is 29.8 Å². The van der Waals surface area contributed by atoms with Crippen LogP contribution in [0.3, 0.4) is 0 Å². The summed E-state index contributed by atoms with van der Waals surface area (Å²) < 4.78 is 118. The Kier molecular flexibility index (Phi) is 9.19. The van der Waals surface area contributed by atoms with E-state index in [1.165, 1.54) is 12.1 Å². The van der Waals surface area contributed by atoms with Gasteiger partial charge in [0.1, 0.15) is 11.4 Å². The Labute approximate surface area is 257 Å². The number of carbonyl (C=O) groups is 2. The molecule has 0 saturated carbocycles. The predicted octanol–water partition coefficient (Wildman–Crippen LogP) is 6.83. The Morgan fingerprint density at radius 2 is 1.35 bits per heavy atom. The topological polar surface area (TPSA) is 78.5 Å². The molecule has 242 valence electrons. The van der Waals surface area contributed by atoms with Gasteiger partial charge < -0.3 is 20.0 Å². The molecule has 0 bridgehead atoms. The van der Waals surface area contributed by atoms with Gasteiger partial charge in [0.05, 0.1) is 22.6 Å². The molecule has 0 spiro atoms. The fraction of sp³-hybridized carbons (Fsp3) is 0.212. The standard InChI is InChI=1S/C33H25F8NO4/c1-30(2,29(44)45)46-27-17-21(11-12-26(27)35)31(18-19-7-4-3-5-8-19,23-14-24(33(39,40)41)16-25(34)15-23)42-28(43)20-9-6-10-22(13-20)32(36,37)38/h3-17H,18H2,1-2H3,(H,42,43)(H,44,45)/p-1. The van der Waals surface area contributed by atoms with E-state index in [4.69, 9.17) is 4.74 Å². The first-order chi connectivity index (χ1) is 21.3.